The first kappa shape index (κ1) is 17.3. The molecule has 2 rings (SSSR count). The van der Waals surface area contributed by atoms with Gasteiger partial charge in [0, 0.05) is 42.3 Å². The van der Waals surface area contributed by atoms with Crippen LogP contribution in [0.25, 0.3) is 0 Å². The number of hydrogen-bond donors (Lipinski definition) is 2. The van der Waals surface area contributed by atoms with Crippen molar-refractivity contribution in [2.75, 3.05) is 26.2 Å². The Hall–Kier alpha value is -1.05. The summed E-state index contributed by atoms with van der Waals surface area (Å²) in [4.78, 5) is 2.07. The number of phenols is 1. The molecule has 122 valence electrons. The highest BCUT2D eigenvalue weighted by molar-refractivity contribution is 9.10. The zero-order valence-electron chi connectivity index (χ0n) is 12.0. The molecule has 0 radical (unpaired) electrons. The predicted octanol–water partition coefficient (Wildman–Crippen LogP) is 3.70. The molecule has 1 atom stereocenters. The van der Waals surface area contributed by atoms with Crippen LogP contribution in [0.15, 0.2) is 29.3 Å². The van der Waals surface area contributed by atoms with E-state index in [0.29, 0.717) is 24.0 Å². The van der Waals surface area contributed by atoms with Crippen LogP contribution in [0.1, 0.15) is 23.6 Å². The summed E-state index contributed by atoms with van der Waals surface area (Å²) >= 11 is 3.12. The quantitative estimate of drug-likeness (QED) is 0.784. The Labute approximate surface area is 135 Å². The lowest BCUT2D eigenvalue weighted by atomic mass is 9.97. The Kier molecular flexibility index (Phi) is 5.52. The van der Waals surface area contributed by atoms with Gasteiger partial charge in [0.05, 0.1) is 5.56 Å². The minimum absolute atomic E-state index is 0.281. The maximum Gasteiger partial charge on any atom is 0.420 e. The molecule has 1 aromatic carbocycles. The van der Waals surface area contributed by atoms with Crippen molar-refractivity contribution in [2.24, 2.45) is 0 Å². The summed E-state index contributed by atoms with van der Waals surface area (Å²) in [6, 6.07) is 2.14. The second-order valence-corrected chi connectivity index (χ2v) is 6.13. The average molecular weight is 379 g/mol. The lowest BCUT2D eigenvalue weighted by Crippen LogP contribution is -2.45. The molecule has 3 nitrogen and oxygen atoms in total. The molecule has 0 aliphatic carbocycles. The Bertz CT molecular complexity index is 542. The average Bonchev–Trinajstić information content (AvgIpc) is 2.47. The van der Waals surface area contributed by atoms with Gasteiger partial charge >= 0.3 is 6.18 Å². The zero-order chi connectivity index (χ0) is 16.3. The van der Waals surface area contributed by atoms with Crippen LogP contribution in [0.4, 0.5) is 13.2 Å². The standard InChI is InChI=1S/C15H18BrF3N2O/c1-2-3-13(21-6-4-20-5-7-21)11-8-10(16)9-12(14(11)22)15(17,18)19/h2,8-9,13,20,22H,1,3-7H2/t13-/m0/s1. The van der Waals surface area contributed by atoms with Gasteiger partial charge in [-0.05, 0) is 18.6 Å². The van der Waals surface area contributed by atoms with Crippen molar-refractivity contribution in [2.45, 2.75) is 18.6 Å². The Morgan fingerprint density at radius 1 is 1.36 bits per heavy atom. The van der Waals surface area contributed by atoms with Crippen LogP contribution in [-0.4, -0.2) is 36.2 Å². The summed E-state index contributed by atoms with van der Waals surface area (Å²) < 4.78 is 39.5. The summed E-state index contributed by atoms with van der Waals surface area (Å²) in [5, 5.41) is 13.4. The van der Waals surface area contributed by atoms with Crippen molar-refractivity contribution in [3.8, 4) is 5.75 Å². The molecule has 7 heteroatoms. The fourth-order valence-corrected chi connectivity index (χ4v) is 3.19. The van der Waals surface area contributed by atoms with Crippen LogP contribution in [-0.2, 0) is 6.18 Å². The van der Waals surface area contributed by atoms with Gasteiger partial charge in [-0.15, -0.1) is 6.58 Å². The zero-order valence-corrected chi connectivity index (χ0v) is 13.5. The van der Waals surface area contributed by atoms with Crippen molar-refractivity contribution in [3.05, 3.63) is 40.4 Å². The van der Waals surface area contributed by atoms with Crippen LogP contribution in [0.5, 0.6) is 5.75 Å². The molecule has 1 aliphatic heterocycles. The predicted molar refractivity (Wildman–Crippen MR) is 82.8 cm³/mol. The van der Waals surface area contributed by atoms with E-state index in [4.69, 9.17) is 0 Å². The van der Waals surface area contributed by atoms with Gasteiger partial charge in [-0.3, -0.25) is 4.90 Å². The third-order valence-corrected chi connectivity index (χ3v) is 4.21. The molecule has 0 saturated carbocycles. The van der Waals surface area contributed by atoms with E-state index in [0.717, 1.165) is 19.2 Å². The molecule has 0 spiro atoms. The molecule has 0 bridgehead atoms. The first-order valence-electron chi connectivity index (χ1n) is 7.00. The molecule has 22 heavy (non-hydrogen) atoms. The third-order valence-electron chi connectivity index (χ3n) is 3.75. The SMILES string of the molecule is C=CC[C@@H](c1cc(Br)cc(C(F)(F)F)c1O)N1CCNCC1. The van der Waals surface area contributed by atoms with Gasteiger partial charge < -0.3 is 10.4 Å². The minimum atomic E-state index is -4.59. The van der Waals surface area contributed by atoms with E-state index in [9.17, 15) is 18.3 Å². The van der Waals surface area contributed by atoms with E-state index < -0.39 is 17.5 Å². The summed E-state index contributed by atoms with van der Waals surface area (Å²) in [6.07, 6.45) is -2.45. The van der Waals surface area contributed by atoms with Gasteiger partial charge in [0.2, 0.25) is 0 Å². The van der Waals surface area contributed by atoms with Gasteiger partial charge in [-0.1, -0.05) is 22.0 Å². The summed E-state index contributed by atoms with van der Waals surface area (Å²) in [6.45, 7) is 6.66. The number of piperazine rings is 1. The van der Waals surface area contributed by atoms with E-state index in [1.807, 2.05) is 0 Å². The third kappa shape index (κ3) is 3.83. The normalized spacial score (nSPS) is 18.2. The Balaban J connectivity index is 2.46. The molecule has 0 unspecified atom stereocenters. The van der Waals surface area contributed by atoms with E-state index in [1.165, 1.54) is 0 Å². The van der Waals surface area contributed by atoms with Crippen LogP contribution < -0.4 is 5.32 Å². The highest BCUT2D eigenvalue weighted by Gasteiger charge is 2.37. The maximum absolute atomic E-state index is 13.1. The number of hydrogen-bond acceptors (Lipinski definition) is 3. The first-order valence-corrected chi connectivity index (χ1v) is 7.79. The highest BCUT2D eigenvalue weighted by atomic mass is 79.9. The topological polar surface area (TPSA) is 35.5 Å². The summed E-state index contributed by atoms with van der Waals surface area (Å²) in [5.41, 5.74) is -0.732. The monoisotopic (exact) mass is 378 g/mol. The number of alkyl halides is 3. The molecule has 1 saturated heterocycles. The van der Waals surface area contributed by atoms with Crippen LogP contribution in [0.3, 0.4) is 0 Å². The molecular formula is C15H18BrF3N2O. The smallest absolute Gasteiger partial charge is 0.420 e. The van der Waals surface area contributed by atoms with E-state index in [1.54, 1.807) is 12.1 Å². The number of nitrogens with zero attached hydrogens (tertiary/aromatic N) is 1. The number of phenolic OH excluding ortho intramolecular Hbond substituents is 1. The maximum atomic E-state index is 13.1. The van der Waals surface area contributed by atoms with Crippen molar-refractivity contribution >= 4 is 15.9 Å². The van der Waals surface area contributed by atoms with Crippen molar-refractivity contribution in [3.63, 3.8) is 0 Å². The Morgan fingerprint density at radius 3 is 2.55 bits per heavy atom. The number of rotatable bonds is 4. The second kappa shape index (κ2) is 7.02. The molecule has 1 aromatic rings. The molecule has 2 N–H and O–H groups in total. The largest absolute Gasteiger partial charge is 0.507 e. The number of aromatic hydroxyl groups is 1. The van der Waals surface area contributed by atoms with Gasteiger partial charge in [0.15, 0.2) is 0 Å². The highest BCUT2D eigenvalue weighted by Crippen LogP contribution is 2.43. The van der Waals surface area contributed by atoms with Gasteiger partial charge in [-0.25, -0.2) is 0 Å². The fourth-order valence-electron chi connectivity index (χ4n) is 2.71. The lowest BCUT2D eigenvalue weighted by molar-refractivity contribution is -0.138. The first-order chi connectivity index (χ1) is 10.3. The van der Waals surface area contributed by atoms with Crippen molar-refractivity contribution in [1.82, 2.24) is 10.2 Å². The van der Waals surface area contributed by atoms with Crippen LogP contribution in [0.2, 0.25) is 0 Å². The van der Waals surface area contributed by atoms with Gasteiger partial charge in [-0.2, -0.15) is 13.2 Å². The molecule has 1 heterocycles. The number of halogens is 4. The molecule has 0 amide bonds. The van der Waals surface area contributed by atoms with Gasteiger partial charge in [0.25, 0.3) is 0 Å². The second-order valence-electron chi connectivity index (χ2n) is 5.22. The minimum Gasteiger partial charge on any atom is -0.507 e. The number of nitrogens with one attached hydrogen (secondary N) is 1. The van der Waals surface area contributed by atoms with E-state index >= 15 is 0 Å². The van der Waals surface area contributed by atoms with Crippen LogP contribution >= 0.6 is 15.9 Å². The molecular weight excluding hydrogens is 361 g/mol. The van der Waals surface area contributed by atoms with Crippen LogP contribution in [0, 0.1) is 0 Å². The van der Waals surface area contributed by atoms with Crippen molar-refractivity contribution in [1.29, 1.82) is 0 Å². The van der Waals surface area contributed by atoms with E-state index in [2.05, 4.69) is 32.7 Å². The van der Waals surface area contributed by atoms with Gasteiger partial charge in [0.1, 0.15) is 5.75 Å². The summed E-state index contributed by atoms with van der Waals surface area (Å²) in [5.74, 6) is -0.693. The molecule has 1 fully saturated rings. The number of benzene rings is 1. The Morgan fingerprint density at radius 2 is 2.00 bits per heavy atom. The summed E-state index contributed by atoms with van der Waals surface area (Å²) in [7, 11) is 0. The van der Waals surface area contributed by atoms with Crippen molar-refractivity contribution < 1.29 is 18.3 Å². The molecule has 1 aliphatic rings. The lowest BCUT2D eigenvalue weighted by Gasteiger charge is -2.35. The van der Waals surface area contributed by atoms with E-state index in [-0.39, 0.29) is 11.6 Å². The molecule has 0 aromatic heterocycles. The fraction of sp³-hybridized carbons (Fsp3) is 0.467.